The number of fused-ring (bicyclic) bond motifs is 1. The van der Waals surface area contributed by atoms with Crippen molar-refractivity contribution in [3.8, 4) is 0 Å². The van der Waals surface area contributed by atoms with Crippen LogP contribution >= 0.6 is 0 Å². The fraction of sp³-hybridized carbons (Fsp3) is 0.0769. The van der Waals surface area contributed by atoms with Crippen molar-refractivity contribution in [2.45, 2.75) is 6.17 Å². The first-order chi connectivity index (χ1) is 8.40. The fourth-order valence-electron chi connectivity index (χ4n) is 1.98. The Bertz CT molecular complexity index is 593. The minimum Gasteiger partial charge on any atom is -0.197 e. The van der Waals surface area contributed by atoms with Crippen LogP contribution in [-0.4, -0.2) is 5.71 Å². The predicted octanol–water partition coefficient (Wildman–Crippen LogP) is 2.37. The van der Waals surface area contributed by atoms with Gasteiger partial charge in [-0.1, -0.05) is 36.4 Å². The van der Waals surface area contributed by atoms with Crippen LogP contribution in [-0.2, 0) is 0 Å². The number of benzene rings is 1. The van der Waals surface area contributed by atoms with E-state index in [-0.39, 0.29) is 0 Å². The molecule has 0 fully saturated rings. The van der Waals surface area contributed by atoms with Gasteiger partial charge in [0.05, 0.1) is 6.20 Å². The zero-order valence-corrected chi connectivity index (χ0v) is 9.02. The molecule has 2 aromatic rings. The van der Waals surface area contributed by atoms with E-state index in [1.807, 2.05) is 54.7 Å². The molecule has 0 bridgehead atoms. The average molecular weight is 224 g/mol. The molecule has 0 amide bonds. The van der Waals surface area contributed by atoms with Gasteiger partial charge in [-0.15, -0.1) is 4.91 Å². The number of nitrogens with zero attached hydrogens (tertiary/aromatic N) is 3. The van der Waals surface area contributed by atoms with Crippen molar-refractivity contribution in [1.29, 1.82) is 0 Å². The first-order valence-electron chi connectivity index (χ1n) is 5.37. The van der Waals surface area contributed by atoms with E-state index < -0.39 is 6.17 Å². The van der Waals surface area contributed by atoms with Gasteiger partial charge in [0.1, 0.15) is 0 Å². The van der Waals surface area contributed by atoms with E-state index in [1.54, 1.807) is 4.57 Å². The highest BCUT2D eigenvalue weighted by atomic mass is 16.3. The van der Waals surface area contributed by atoms with Crippen LogP contribution < -0.4 is 4.57 Å². The third-order valence-electron chi connectivity index (χ3n) is 2.78. The van der Waals surface area contributed by atoms with E-state index in [4.69, 9.17) is 0 Å². The Hall–Kier alpha value is -2.36. The van der Waals surface area contributed by atoms with Gasteiger partial charge in [0, 0.05) is 11.6 Å². The molecule has 82 valence electrons. The lowest BCUT2D eigenvalue weighted by Crippen LogP contribution is -2.38. The molecule has 0 unspecified atom stereocenters. The Morgan fingerprint density at radius 3 is 2.59 bits per heavy atom. The molecule has 1 aliphatic heterocycles. The second kappa shape index (κ2) is 3.90. The summed E-state index contributed by atoms with van der Waals surface area (Å²) in [5, 5.41) is 3.17. The smallest absolute Gasteiger partial charge is 0.197 e. The van der Waals surface area contributed by atoms with Crippen molar-refractivity contribution in [3.05, 3.63) is 65.2 Å². The zero-order chi connectivity index (χ0) is 11.7. The van der Waals surface area contributed by atoms with Gasteiger partial charge >= 0.3 is 5.82 Å². The van der Waals surface area contributed by atoms with Gasteiger partial charge in [-0.3, -0.25) is 0 Å². The molecule has 0 aliphatic carbocycles. The molecule has 0 saturated carbocycles. The van der Waals surface area contributed by atoms with Gasteiger partial charge in [0.2, 0.25) is 5.71 Å². The van der Waals surface area contributed by atoms with Crippen molar-refractivity contribution in [2.75, 3.05) is 0 Å². The highest BCUT2D eigenvalue weighted by molar-refractivity contribution is 6.04. The molecular formula is C13H10N3O+. The van der Waals surface area contributed by atoms with Crippen LogP contribution in [0.5, 0.6) is 0 Å². The van der Waals surface area contributed by atoms with E-state index in [0.717, 1.165) is 11.4 Å². The third kappa shape index (κ3) is 1.54. The molecule has 0 N–H and O–H groups in total. The first kappa shape index (κ1) is 9.84. The molecule has 1 aliphatic rings. The molecular weight excluding hydrogens is 214 g/mol. The summed E-state index contributed by atoms with van der Waals surface area (Å²) < 4.78 is 1.77. The first-order valence-corrected chi connectivity index (χ1v) is 5.37. The Balaban J connectivity index is 2.12. The topological polar surface area (TPSA) is 45.7 Å². The van der Waals surface area contributed by atoms with Crippen molar-refractivity contribution in [3.63, 3.8) is 0 Å². The van der Waals surface area contributed by atoms with Gasteiger partial charge < -0.3 is 0 Å². The maximum atomic E-state index is 11.0. The van der Waals surface area contributed by atoms with E-state index in [0.29, 0.717) is 5.71 Å². The lowest BCUT2D eigenvalue weighted by molar-refractivity contribution is -0.687. The molecule has 0 saturated heterocycles. The molecule has 3 rings (SSSR count). The number of nitroso groups, excluding NO2 is 1. The Kier molecular flexibility index (Phi) is 2.26. The van der Waals surface area contributed by atoms with Gasteiger partial charge in [-0.05, 0) is 16.2 Å². The maximum absolute atomic E-state index is 11.0. The fourth-order valence-corrected chi connectivity index (χ4v) is 1.98. The summed E-state index contributed by atoms with van der Waals surface area (Å²) in [6.07, 6.45) is 1.26. The molecule has 2 heterocycles. The normalized spacial score (nSPS) is 17.4. The highest BCUT2D eigenvalue weighted by Crippen LogP contribution is 2.23. The summed E-state index contributed by atoms with van der Waals surface area (Å²) in [6, 6.07) is 15.3. The van der Waals surface area contributed by atoms with Gasteiger partial charge in [0.25, 0.3) is 6.17 Å². The minimum absolute atomic E-state index is 0.561. The van der Waals surface area contributed by atoms with Gasteiger partial charge in [-0.25, -0.2) is 0 Å². The number of pyridine rings is 1. The third-order valence-corrected chi connectivity index (χ3v) is 2.78. The second-order valence-corrected chi connectivity index (χ2v) is 3.81. The van der Waals surface area contributed by atoms with Crippen LogP contribution in [0.4, 0.5) is 5.82 Å². The molecule has 1 aromatic heterocycles. The largest absolute Gasteiger partial charge is 0.325 e. The summed E-state index contributed by atoms with van der Waals surface area (Å²) in [6.45, 7) is 0. The summed E-state index contributed by atoms with van der Waals surface area (Å²) in [5.41, 5.74) is 1.63. The molecule has 0 radical (unpaired) electrons. The van der Waals surface area contributed by atoms with Gasteiger partial charge in [-0.2, -0.15) is 4.57 Å². The highest BCUT2D eigenvalue weighted by Gasteiger charge is 2.37. The minimum atomic E-state index is -0.561. The van der Waals surface area contributed by atoms with E-state index >= 15 is 0 Å². The maximum Gasteiger partial charge on any atom is 0.325 e. The lowest BCUT2D eigenvalue weighted by Gasteiger charge is -2.01. The summed E-state index contributed by atoms with van der Waals surface area (Å²) in [7, 11) is 0. The monoisotopic (exact) mass is 224 g/mol. The van der Waals surface area contributed by atoms with Crippen molar-refractivity contribution in [1.82, 2.24) is 0 Å². The lowest BCUT2D eigenvalue weighted by atomic mass is 10.1. The zero-order valence-electron chi connectivity index (χ0n) is 9.02. The van der Waals surface area contributed by atoms with E-state index in [9.17, 15) is 4.91 Å². The second-order valence-electron chi connectivity index (χ2n) is 3.81. The van der Waals surface area contributed by atoms with E-state index in [2.05, 4.69) is 10.2 Å². The Morgan fingerprint density at radius 1 is 1.06 bits per heavy atom. The molecule has 1 aromatic carbocycles. The molecule has 1 atom stereocenters. The number of hydrogen-bond donors (Lipinski definition) is 0. The summed E-state index contributed by atoms with van der Waals surface area (Å²) in [5.74, 6) is 0.760. The van der Waals surface area contributed by atoms with E-state index in [1.165, 1.54) is 0 Å². The number of rotatable bonds is 2. The number of hydrogen-bond acceptors (Lipinski definition) is 3. The SMILES string of the molecule is O=N[C@@H]1C(c2ccccc2)=Nc2cccc[n+]21. The van der Waals surface area contributed by atoms with Crippen LogP contribution in [0.2, 0.25) is 0 Å². The molecule has 0 spiro atoms. The van der Waals surface area contributed by atoms with Crippen molar-refractivity contribution >= 4 is 11.5 Å². The van der Waals surface area contributed by atoms with Crippen LogP contribution in [0.15, 0.2) is 64.9 Å². The summed E-state index contributed by atoms with van der Waals surface area (Å²) >= 11 is 0. The number of aliphatic imine (C=N–C) groups is 1. The quantitative estimate of drug-likeness (QED) is 0.570. The van der Waals surface area contributed by atoms with Gasteiger partial charge in [0.15, 0.2) is 0 Å². The molecule has 4 heteroatoms. The van der Waals surface area contributed by atoms with Crippen LogP contribution in [0, 0.1) is 4.91 Å². The Labute approximate surface area is 98.2 Å². The van der Waals surface area contributed by atoms with Crippen LogP contribution in [0.1, 0.15) is 11.7 Å². The summed E-state index contributed by atoms with van der Waals surface area (Å²) in [4.78, 5) is 15.5. The standard InChI is InChI=1S/C13H10N3O/c17-15-13-12(10-6-2-1-3-7-10)14-11-8-4-5-9-16(11)13/h1-9,13H/q+1/t13-/m0/s1. The predicted molar refractivity (Wildman–Crippen MR) is 64.1 cm³/mol. The Morgan fingerprint density at radius 2 is 1.82 bits per heavy atom. The molecule has 17 heavy (non-hydrogen) atoms. The average Bonchev–Trinajstić information content (AvgIpc) is 2.78. The van der Waals surface area contributed by atoms with Crippen LogP contribution in [0.25, 0.3) is 0 Å². The number of aromatic nitrogens is 1. The molecule has 4 nitrogen and oxygen atoms in total. The van der Waals surface area contributed by atoms with Crippen molar-refractivity contribution in [2.24, 2.45) is 10.2 Å². The van der Waals surface area contributed by atoms with Crippen molar-refractivity contribution < 1.29 is 4.57 Å². The van der Waals surface area contributed by atoms with Crippen LogP contribution in [0.3, 0.4) is 0 Å².